The molecule has 0 radical (unpaired) electrons. The van der Waals surface area contributed by atoms with Gasteiger partial charge in [0.1, 0.15) is 0 Å². The van der Waals surface area contributed by atoms with Crippen LogP contribution in [0.25, 0.3) is 0 Å². The number of alkyl halides is 3. The van der Waals surface area contributed by atoms with Gasteiger partial charge in [-0.3, -0.25) is 0 Å². The van der Waals surface area contributed by atoms with Crippen LogP contribution in [0, 0.1) is 5.92 Å². The average Bonchev–Trinajstić information content (AvgIpc) is 2.77. The summed E-state index contributed by atoms with van der Waals surface area (Å²) in [6, 6.07) is 0.124. The van der Waals surface area contributed by atoms with Gasteiger partial charge in [-0.05, 0) is 18.8 Å². The van der Waals surface area contributed by atoms with Gasteiger partial charge in [0.25, 0.3) is 0 Å². The minimum atomic E-state index is -4.19. The maximum absolute atomic E-state index is 12.1. The number of nitrogens with two attached hydrogens (primary N) is 1. The monoisotopic (exact) mass is 277 g/mol. The second-order valence-corrected chi connectivity index (χ2v) is 5.13. The van der Waals surface area contributed by atoms with Crippen molar-refractivity contribution in [3.63, 3.8) is 0 Å². The van der Waals surface area contributed by atoms with Crippen LogP contribution in [0.3, 0.4) is 0 Å². The van der Waals surface area contributed by atoms with Gasteiger partial charge >= 0.3 is 6.18 Å². The molecule has 19 heavy (non-hydrogen) atoms. The fourth-order valence-corrected chi connectivity index (χ4v) is 2.44. The summed E-state index contributed by atoms with van der Waals surface area (Å²) in [4.78, 5) is 4.01. The molecule has 2 unspecified atom stereocenters. The highest BCUT2D eigenvalue weighted by atomic mass is 19.4. The number of aromatic nitrogens is 2. The van der Waals surface area contributed by atoms with E-state index in [1.807, 2.05) is 0 Å². The van der Waals surface area contributed by atoms with E-state index < -0.39 is 12.6 Å². The molecule has 2 rings (SSSR count). The predicted molar refractivity (Wildman–Crippen MR) is 62.3 cm³/mol. The number of hydrogen-bond donors (Lipinski definition) is 1. The van der Waals surface area contributed by atoms with Crippen molar-refractivity contribution in [3.8, 4) is 0 Å². The normalized spacial score (nSPS) is 24.6. The van der Waals surface area contributed by atoms with E-state index in [2.05, 4.69) is 10.1 Å². The van der Waals surface area contributed by atoms with E-state index >= 15 is 0 Å². The summed E-state index contributed by atoms with van der Waals surface area (Å²) in [5.74, 6) is 0.820. The van der Waals surface area contributed by atoms with Crippen LogP contribution >= 0.6 is 0 Å². The first-order valence-electron chi connectivity index (χ1n) is 6.58. The Bertz CT molecular complexity index is 405. The third-order valence-corrected chi connectivity index (χ3v) is 3.55. The lowest BCUT2D eigenvalue weighted by molar-refractivity contribution is -0.134. The first kappa shape index (κ1) is 14.3. The van der Waals surface area contributed by atoms with Crippen LogP contribution in [0.5, 0.6) is 0 Å². The highest BCUT2D eigenvalue weighted by Crippen LogP contribution is 2.26. The van der Waals surface area contributed by atoms with Gasteiger partial charge in [-0.25, -0.2) is 0 Å². The van der Waals surface area contributed by atoms with Crippen LogP contribution in [0.15, 0.2) is 4.52 Å². The Morgan fingerprint density at radius 2 is 2.00 bits per heavy atom. The van der Waals surface area contributed by atoms with Crippen molar-refractivity contribution in [1.29, 1.82) is 0 Å². The molecular weight excluding hydrogens is 259 g/mol. The van der Waals surface area contributed by atoms with Gasteiger partial charge in [-0.2, -0.15) is 18.2 Å². The molecule has 108 valence electrons. The van der Waals surface area contributed by atoms with Crippen molar-refractivity contribution in [2.45, 2.75) is 57.2 Å². The molecule has 0 amide bonds. The second kappa shape index (κ2) is 5.90. The van der Waals surface area contributed by atoms with Crippen molar-refractivity contribution >= 4 is 0 Å². The first-order valence-corrected chi connectivity index (χ1v) is 6.58. The van der Waals surface area contributed by atoms with E-state index in [0.717, 1.165) is 25.7 Å². The lowest BCUT2D eigenvalue weighted by Crippen LogP contribution is -2.34. The zero-order chi connectivity index (χ0) is 13.9. The molecule has 0 spiro atoms. The van der Waals surface area contributed by atoms with Gasteiger partial charge in [0, 0.05) is 18.9 Å². The van der Waals surface area contributed by atoms with Crippen LogP contribution in [-0.4, -0.2) is 22.4 Å². The van der Waals surface area contributed by atoms with Gasteiger partial charge in [0.05, 0.1) is 6.42 Å². The highest BCUT2D eigenvalue weighted by Gasteiger charge is 2.28. The second-order valence-electron chi connectivity index (χ2n) is 5.13. The molecule has 1 aromatic heterocycles. The largest absolute Gasteiger partial charge is 0.389 e. The van der Waals surface area contributed by atoms with Crippen molar-refractivity contribution in [2.75, 3.05) is 0 Å². The summed E-state index contributed by atoms with van der Waals surface area (Å²) in [5.41, 5.74) is 6.01. The molecule has 0 saturated heterocycles. The van der Waals surface area contributed by atoms with Crippen LogP contribution in [0.4, 0.5) is 13.2 Å². The number of rotatable bonds is 4. The van der Waals surface area contributed by atoms with E-state index in [4.69, 9.17) is 10.3 Å². The Balaban J connectivity index is 1.86. The van der Waals surface area contributed by atoms with Crippen molar-refractivity contribution in [1.82, 2.24) is 10.1 Å². The van der Waals surface area contributed by atoms with Gasteiger partial charge in [0.2, 0.25) is 5.89 Å². The van der Waals surface area contributed by atoms with E-state index in [0.29, 0.717) is 18.2 Å². The zero-order valence-electron chi connectivity index (χ0n) is 10.6. The van der Waals surface area contributed by atoms with Crippen LogP contribution in [-0.2, 0) is 12.8 Å². The van der Waals surface area contributed by atoms with Crippen LogP contribution in [0.1, 0.15) is 43.8 Å². The molecule has 2 N–H and O–H groups in total. The summed E-state index contributed by atoms with van der Waals surface area (Å²) >= 11 is 0. The quantitative estimate of drug-likeness (QED) is 0.918. The average molecular weight is 277 g/mol. The summed E-state index contributed by atoms with van der Waals surface area (Å²) in [5, 5.41) is 3.58. The zero-order valence-corrected chi connectivity index (χ0v) is 10.6. The number of halogens is 3. The summed E-state index contributed by atoms with van der Waals surface area (Å²) in [7, 11) is 0. The Hall–Kier alpha value is -1.11. The Morgan fingerprint density at radius 1 is 1.26 bits per heavy atom. The third kappa shape index (κ3) is 4.49. The van der Waals surface area contributed by atoms with Crippen molar-refractivity contribution in [2.24, 2.45) is 11.7 Å². The Morgan fingerprint density at radius 3 is 2.68 bits per heavy atom. The van der Waals surface area contributed by atoms with Gasteiger partial charge < -0.3 is 10.3 Å². The maximum Gasteiger partial charge on any atom is 0.389 e. The summed E-state index contributed by atoms with van der Waals surface area (Å²) in [6.45, 7) is 0. The number of hydrogen-bond acceptors (Lipinski definition) is 4. The van der Waals surface area contributed by atoms with Crippen LogP contribution in [0.2, 0.25) is 0 Å². The fraction of sp³-hybridized carbons (Fsp3) is 0.833. The van der Waals surface area contributed by atoms with Gasteiger partial charge in [0.15, 0.2) is 5.82 Å². The molecule has 1 aromatic rings. The third-order valence-electron chi connectivity index (χ3n) is 3.55. The Kier molecular flexibility index (Phi) is 4.44. The molecule has 1 fully saturated rings. The maximum atomic E-state index is 12.1. The molecule has 1 heterocycles. The number of aryl methyl sites for hydroxylation is 1. The molecule has 1 saturated carbocycles. The van der Waals surface area contributed by atoms with Gasteiger partial charge in [-0.1, -0.05) is 18.0 Å². The molecule has 0 bridgehead atoms. The molecule has 1 aliphatic carbocycles. The van der Waals surface area contributed by atoms with Gasteiger partial charge in [-0.15, -0.1) is 0 Å². The molecule has 7 heteroatoms. The van der Waals surface area contributed by atoms with Crippen molar-refractivity contribution in [3.05, 3.63) is 11.7 Å². The Labute approximate surface area is 109 Å². The standard InChI is InChI=1S/C12H18F3N3O/c13-12(14,15)6-5-10-17-11(19-18-10)7-8-3-1-2-4-9(8)16/h8-9H,1-7,16H2. The summed E-state index contributed by atoms with van der Waals surface area (Å²) in [6.07, 6.45) is -0.502. The van der Waals surface area contributed by atoms with E-state index in [1.165, 1.54) is 0 Å². The molecule has 4 nitrogen and oxygen atoms in total. The van der Waals surface area contributed by atoms with Crippen molar-refractivity contribution < 1.29 is 17.7 Å². The number of nitrogens with zero attached hydrogens (tertiary/aromatic N) is 2. The minimum absolute atomic E-state index is 0.122. The smallest absolute Gasteiger partial charge is 0.339 e. The molecular formula is C12H18F3N3O. The minimum Gasteiger partial charge on any atom is -0.339 e. The molecule has 1 aliphatic rings. The van der Waals surface area contributed by atoms with Crippen LogP contribution < -0.4 is 5.73 Å². The topological polar surface area (TPSA) is 64.9 Å². The SMILES string of the molecule is NC1CCCCC1Cc1nc(CCC(F)(F)F)no1. The lowest BCUT2D eigenvalue weighted by atomic mass is 9.83. The lowest BCUT2D eigenvalue weighted by Gasteiger charge is -2.27. The molecule has 0 aromatic carbocycles. The molecule has 0 aliphatic heterocycles. The predicted octanol–water partition coefficient (Wildman–Crippen LogP) is 2.62. The van der Waals surface area contributed by atoms with E-state index in [9.17, 15) is 13.2 Å². The summed E-state index contributed by atoms with van der Waals surface area (Å²) < 4.78 is 41.2. The highest BCUT2D eigenvalue weighted by molar-refractivity contribution is 4.91. The first-order chi connectivity index (χ1) is 8.94. The molecule has 2 atom stereocenters. The fourth-order valence-electron chi connectivity index (χ4n) is 2.44. The van der Waals surface area contributed by atoms with E-state index in [1.54, 1.807) is 0 Å². The van der Waals surface area contributed by atoms with E-state index in [-0.39, 0.29) is 18.3 Å².